The third-order valence-electron chi connectivity index (χ3n) is 3.08. The van der Waals surface area contributed by atoms with Crippen molar-refractivity contribution in [3.8, 4) is 0 Å². The molecular formula is C12H13Li. The van der Waals surface area contributed by atoms with Gasteiger partial charge in [-0.05, 0) is 0 Å². The average molecular weight is 164 g/mol. The minimum atomic E-state index is 0.619. The van der Waals surface area contributed by atoms with Gasteiger partial charge >= 0.3 is 89.1 Å². The van der Waals surface area contributed by atoms with E-state index in [0.29, 0.717) is 4.59 Å². The Kier molecular flexibility index (Phi) is 2.14. The SMILES string of the molecule is [Li][CH]1C(C)=Cc2c(C)cc(C)cc21. The van der Waals surface area contributed by atoms with Crippen molar-refractivity contribution in [3.63, 3.8) is 0 Å². The first kappa shape index (κ1) is 9.13. The molecule has 0 bridgehead atoms. The predicted molar refractivity (Wildman–Crippen MR) is 58.1 cm³/mol. The van der Waals surface area contributed by atoms with E-state index in [4.69, 9.17) is 0 Å². The second kappa shape index (κ2) is 3.05. The van der Waals surface area contributed by atoms with Crippen LogP contribution in [-0.2, 0) is 0 Å². The van der Waals surface area contributed by atoms with Crippen LogP contribution >= 0.6 is 0 Å². The van der Waals surface area contributed by atoms with Crippen molar-refractivity contribution >= 4 is 23.8 Å². The molecule has 0 aliphatic heterocycles. The fourth-order valence-corrected chi connectivity index (χ4v) is 2.17. The van der Waals surface area contributed by atoms with Crippen LogP contribution in [0.5, 0.6) is 0 Å². The number of fused-ring (bicyclic) bond motifs is 1. The molecule has 1 heteroatoms. The summed E-state index contributed by atoms with van der Waals surface area (Å²) in [6, 6.07) is 4.58. The van der Waals surface area contributed by atoms with Crippen LogP contribution in [0.1, 0.15) is 33.8 Å². The summed E-state index contributed by atoms with van der Waals surface area (Å²) in [6.45, 7) is 6.60. The zero-order chi connectivity index (χ0) is 9.59. The summed E-state index contributed by atoms with van der Waals surface area (Å²) in [7, 11) is 0. The summed E-state index contributed by atoms with van der Waals surface area (Å²) < 4.78 is 0.619. The third kappa shape index (κ3) is 1.39. The molecule has 0 amide bonds. The Morgan fingerprint density at radius 3 is 2.54 bits per heavy atom. The van der Waals surface area contributed by atoms with Gasteiger partial charge in [0.15, 0.2) is 0 Å². The Labute approximate surface area is 89.2 Å². The van der Waals surface area contributed by atoms with Crippen LogP contribution in [0, 0.1) is 13.8 Å². The van der Waals surface area contributed by atoms with Gasteiger partial charge in [0.2, 0.25) is 0 Å². The van der Waals surface area contributed by atoms with Gasteiger partial charge in [-0.15, -0.1) is 0 Å². The van der Waals surface area contributed by atoms with Crippen molar-refractivity contribution in [2.24, 2.45) is 0 Å². The number of rotatable bonds is 0. The number of benzene rings is 1. The van der Waals surface area contributed by atoms with Gasteiger partial charge in [-0.25, -0.2) is 0 Å². The Morgan fingerprint density at radius 2 is 1.85 bits per heavy atom. The van der Waals surface area contributed by atoms with Gasteiger partial charge < -0.3 is 0 Å². The van der Waals surface area contributed by atoms with Crippen molar-refractivity contribution in [1.82, 2.24) is 0 Å². The molecule has 0 saturated heterocycles. The van der Waals surface area contributed by atoms with E-state index in [2.05, 4.69) is 56.7 Å². The molecule has 0 radical (unpaired) electrons. The molecule has 13 heavy (non-hydrogen) atoms. The van der Waals surface area contributed by atoms with E-state index in [9.17, 15) is 0 Å². The molecule has 1 aliphatic carbocycles. The zero-order valence-corrected chi connectivity index (χ0v) is 8.81. The van der Waals surface area contributed by atoms with Crippen LogP contribution in [0.15, 0.2) is 17.7 Å². The third-order valence-corrected chi connectivity index (χ3v) is 3.08. The van der Waals surface area contributed by atoms with Gasteiger partial charge in [0.25, 0.3) is 0 Å². The topological polar surface area (TPSA) is 0 Å². The zero-order valence-electron chi connectivity index (χ0n) is 8.81. The summed E-state index contributed by atoms with van der Waals surface area (Å²) in [5.41, 5.74) is 7.25. The van der Waals surface area contributed by atoms with Crippen molar-refractivity contribution < 1.29 is 0 Å². The molecular weight excluding hydrogens is 151 g/mol. The van der Waals surface area contributed by atoms with E-state index in [-0.39, 0.29) is 0 Å². The molecule has 0 N–H and O–H groups in total. The van der Waals surface area contributed by atoms with Crippen LogP contribution in [0.4, 0.5) is 0 Å². The summed E-state index contributed by atoms with van der Waals surface area (Å²) >= 11 is 2.29. The summed E-state index contributed by atoms with van der Waals surface area (Å²) in [4.78, 5) is 0. The van der Waals surface area contributed by atoms with E-state index in [1.54, 1.807) is 0 Å². The summed E-state index contributed by atoms with van der Waals surface area (Å²) in [6.07, 6.45) is 2.33. The minimum absolute atomic E-state index is 0.619. The average Bonchev–Trinajstić information content (AvgIpc) is 2.32. The fourth-order valence-electron chi connectivity index (χ4n) is 2.17. The predicted octanol–water partition coefficient (Wildman–Crippen LogP) is 2.93. The van der Waals surface area contributed by atoms with Crippen LogP contribution < -0.4 is 0 Å². The van der Waals surface area contributed by atoms with Crippen LogP contribution in [0.3, 0.4) is 0 Å². The standard InChI is InChI=1S/C12H13.Li/c1-8-4-10(3)12-7-9(2)6-11(12)5-8;/h4-7H,1-3H3;. The number of hydrogen-bond acceptors (Lipinski definition) is 0. The Bertz CT molecular complexity index is 388. The Balaban J connectivity index is 2.66. The number of hydrogen-bond donors (Lipinski definition) is 0. The van der Waals surface area contributed by atoms with Gasteiger partial charge in [-0.1, -0.05) is 0 Å². The fraction of sp³-hybridized carbons (Fsp3) is 0.333. The molecule has 2 rings (SSSR count). The van der Waals surface area contributed by atoms with Gasteiger partial charge in [0, 0.05) is 0 Å². The molecule has 0 saturated carbocycles. The summed E-state index contributed by atoms with van der Waals surface area (Å²) in [5, 5.41) is 0. The Morgan fingerprint density at radius 1 is 1.15 bits per heavy atom. The van der Waals surface area contributed by atoms with Crippen molar-refractivity contribution in [2.45, 2.75) is 25.4 Å². The van der Waals surface area contributed by atoms with Gasteiger partial charge in [0.1, 0.15) is 0 Å². The molecule has 1 atom stereocenters. The first-order valence-corrected chi connectivity index (χ1v) is 4.89. The second-order valence-electron chi connectivity index (χ2n) is 4.19. The van der Waals surface area contributed by atoms with E-state index >= 15 is 0 Å². The maximum absolute atomic E-state index is 2.33. The molecule has 0 spiro atoms. The molecule has 0 fully saturated rings. The monoisotopic (exact) mass is 164 g/mol. The van der Waals surface area contributed by atoms with Gasteiger partial charge in [-0.3, -0.25) is 0 Å². The molecule has 0 heterocycles. The second-order valence-corrected chi connectivity index (χ2v) is 4.19. The maximum atomic E-state index is 2.33. The molecule has 62 valence electrons. The number of allylic oxidation sites excluding steroid dienone is 1. The van der Waals surface area contributed by atoms with Gasteiger partial charge in [0.05, 0.1) is 0 Å². The molecule has 0 aromatic heterocycles. The van der Waals surface area contributed by atoms with Crippen molar-refractivity contribution in [3.05, 3.63) is 40.0 Å². The van der Waals surface area contributed by atoms with E-state index in [1.165, 1.54) is 27.8 Å². The van der Waals surface area contributed by atoms with E-state index < -0.39 is 0 Å². The number of aryl methyl sites for hydroxylation is 2. The van der Waals surface area contributed by atoms with E-state index in [0.717, 1.165) is 0 Å². The van der Waals surface area contributed by atoms with Crippen molar-refractivity contribution in [1.29, 1.82) is 0 Å². The molecule has 0 nitrogen and oxygen atoms in total. The van der Waals surface area contributed by atoms with E-state index in [1.807, 2.05) is 0 Å². The molecule has 1 aromatic rings. The van der Waals surface area contributed by atoms with Crippen LogP contribution in [0.2, 0.25) is 0 Å². The first-order chi connectivity index (χ1) is 6.09. The molecule has 1 unspecified atom stereocenters. The summed E-state index contributed by atoms with van der Waals surface area (Å²) in [5.74, 6) is 0. The molecule has 1 aromatic carbocycles. The Hall–Kier alpha value is -0.443. The quantitative estimate of drug-likeness (QED) is 0.517. The normalized spacial score (nSPS) is 20.1. The van der Waals surface area contributed by atoms with Crippen LogP contribution in [0.25, 0.3) is 6.08 Å². The van der Waals surface area contributed by atoms with Crippen LogP contribution in [-0.4, -0.2) is 17.7 Å². The molecule has 1 aliphatic rings. The van der Waals surface area contributed by atoms with Gasteiger partial charge in [-0.2, -0.15) is 0 Å². The van der Waals surface area contributed by atoms with Crippen molar-refractivity contribution in [2.75, 3.05) is 0 Å². The first-order valence-electron chi connectivity index (χ1n) is 4.89.